The van der Waals surface area contributed by atoms with Crippen LogP contribution in [0.1, 0.15) is 24.1 Å². The maximum Gasteiger partial charge on any atom is 0.373 e. The van der Waals surface area contributed by atoms with Crippen LogP contribution in [-0.2, 0) is 16.0 Å². The Morgan fingerprint density at radius 2 is 1.81 bits per heavy atom. The SMILES string of the molecule is CCc1ccc(-c2ncc(-c3c(C)noc3C)cc2[N+](=O)[O-])cn1.O=C=O. The second-order valence-corrected chi connectivity index (χ2v) is 5.52. The van der Waals surface area contributed by atoms with E-state index in [1.54, 1.807) is 32.3 Å². The molecule has 0 N–H and O–H groups in total. The largest absolute Gasteiger partial charge is 0.373 e. The summed E-state index contributed by atoms with van der Waals surface area (Å²) in [6.07, 6.45) is 4.27. The van der Waals surface area contributed by atoms with Crippen LogP contribution in [0.15, 0.2) is 35.1 Å². The van der Waals surface area contributed by atoms with Gasteiger partial charge in [0.1, 0.15) is 11.5 Å². The number of hydrogen-bond donors (Lipinski definition) is 0. The molecule has 27 heavy (non-hydrogen) atoms. The van der Waals surface area contributed by atoms with Crippen LogP contribution >= 0.6 is 0 Å². The maximum absolute atomic E-state index is 11.5. The highest BCUT2D eigenvalue weighted by atomic mass is 16.6. The third-order valence-electron chi connectivity index (χ3n) is 3.85. The molecule has 0 aliphatic heterocycles. The predicted octanol–water partition coefficient (Wildman–Crippen LogP) is 3.30. The van der Waals surface area contributed by atoms with Gasteiger partial charge in [-0.3, -0.25) is 15.1 Å². The van der Waals surface area contributed by atoms with Crippen LogP contribution in [0.3, 0.4) is 0 Å². The molecule has 3 rings (SSSR count). The van der Waals surface area contributed by atoms with Gasteiger partial charge in [0.2, 0.25) is 0 Å². The fourth-order valence-corrected chi connectivity index (χ4v) is 2.62. The molecule has 3 aromatic rings. The van der Waals surface area contributed by atoms with Crippen molar-refractivity contribution in [3.63, 3.8) is 0 Å². The first-order chi connectivity index (χ1) is 12.9. The van der Waals surface area contributed by atoms with E-state index < -0.39 is 4.92 Å². The van der Waals surface area contributed by atoms with Crippen molar-refractivity contribution < 1.29 is 19.0 Å². The number of carbonyl (C=O) groups excluding carboxylic acids is 2. The van der Waals surface area contributed by atoms with Gasteiger partial charge in [-0.2, -0.15) is 9.59 Å². The van der Waals surface area contributed by atoms with Crippen molar-refractivity contribution in [2.75, 3.05) is 0 Å². The van der Waals surface area contributed by atoms with E-state index >= 15 is 0 Å². The molecule has 3 aromatic heterocycles. The lowest BCUT2D eigenvalue weighted by atomic mass is 10.0. The minimum absolute atomic E-state index is 0.0708. The van der Waals surface area contributed by atoms with Crippen molar-refractivity contribution in [3.05, 3.63) is 57.9 Å². The smallest absolute Gasteiger partial charge is 0.361 e. The Hall–Kier alpha value is -3.71. The topological polar surface area (TPSA) is 129 Å². The Bertz CT molecular complexity index is 970. The first-order valence-corrected chi connectivity index (χ1v) is 7.95. The lowest BCUT2D eigenvalue weighted by Gasteiger charge is -2.06. The number of aryl methyl sites for hydroxylation is 3. The van der Waals surface area contributed by atoms with Crippen LogP contribution in [0.4, 0.5) is 5.69 Å². The molecule has 0 atom stereocenters. The van der Waals surface area contributed by atoms with Crippen molar-refractivity contribution in [2.45, 2.75) is 27.2 Å². The van der Waals surface area contributed by atoms with E-state index in [1.165, 1.54) is 6.07 Å². The molecule has 0 radical (unpaired) electrons. The molecule has 0 saturated heterocycles. The minimum Gasteiger partial charge on any atom is -0.361 e. The zero-order valence-electron chi connectivity index (χ0n) is 14.9. The summed E-state index contributed by atoms with van der Waals surface area (Å²) < 4.78 is 5.13. The molecule has 0 unspecified atom stereocenters. The third-order valence-corrected chi connectivity index (χ3v) is 3.85. The first kappa shape index (κ1) is 19.6. The van der Waals surface area contributed by atoms with Crippen LogP contribution in [0.25, 0.3) is 22.4 Å². The van der Waals surface area contributed by atoms with Crippen LogP contribution < -0.4 is 0 Å². The normalized spacial score (nSPS) is 9.89. The van der Waals surface area contributed by atoms with Crippen molar-refractivity contribution in [1.82, 2.24) is 15.1 Å². The van der Waals surface area contributed by atoms with Gasteiger partial charge in [0.15, 0.2) is 0 Å². The highest BCUT2D eigenvalue weighted by molar-refractivity contribution is 5.76. The monoisotopic (exact) mass is 368 g/mol. The molecule has 0 bridgehead atoms. The summed E-state index contributed by atoms with van der Waals surface area (Å²) in [6.45, 7) is 5.56. The standard InChI is InChI=1S/C17H16N4O3.CO2/c1-4-14-6-5-12(8-18-14)17-15(21(22)23)7-13(9-19-17)16-10(2)20-24-11(16)3;2-1-3/h5-9H,4H2,1-3H3;. The van der Waals surface area contributed by atoms with E-state index in [9.17, 15) is 10.1 Å². The molecule has 0 spiro atoms. The zero-order chi connectivity index (χ0) is 20.0. The van der Waals surface area contributed by atoms with Crippen LogP contribution in [0.2, 0.25) is 0 Å². The Kier molecular flexibility index (Phi) is 6.24. The van der Waals surface area contributed by atoms with E-state index in [1.807, 2.05) is 13.0 Å². The van der Waals surface area contributed by atoms with Gasteiger partial charge < -0.3 is 4.52 Å². The van der Waals surface area contributed by atoms with E-state index in [0.717, 1.165) is 17.7 Å². The fraction of sp³-hybridized carbons (Fsp3) is 0.222. The summed E-state index contributed by atoms with van der Waals surface area (Å²) in [5.41, 5.74) is 3.78. The first-order valence-electron chi connectivity index (χ1n) is 7.95. The third kappa shape index (κ3) is 4.28. The Labute approximate surface area is 154 Å². The lowest BCUT2D eigenvalue weighted by Crippen LogP contribution is -1.97. The summed E-state index contributed by atoms with van der Waals surface area (Å²) in [6, 6.07) is 5.16. The number of pyridine rings is 2. The minimum atomic E-state index is -0.433. The van der Waals surface area contributed by atoms with Crippen LogP contribution in [0, 0.1) is 24.0 Å². The highest BCUT2D eigenvalue weighted by Crippen LogP contribution is 2.34. The van der Waals surface area contributed by atoms with Crippen molar-refractivity contribution in [2.24, 2.45) is 0 Å². The summed E-state index contributed by atoms with van der Waals surface area (Å²) in [5.74, 6) is 0.602. The van der Waals surface area contributed by atoms with Crippen molar-refractivity contribution >= 4 is 11.8 Å². The van der Waals surface area contributed by atoms with Crippen LogP contribution in [0.5, 0.6) is 0 Å². The molecule has 0 fully saturated rings. The Morgan fingerprint density at radius 1 is 1.15 bits per heavy atom. The molecule has 9 heteroatoms. The van der Waals surface area contributed by atoms with E-state index in [2.05, 4.69) is 15.1 Å². The predicted molar refractivity (Wildman–Crippen MR) is 93.5 cm³/mol. The fourth-order valence-electron chi connectivity index (χ4n) is 2.62. The molecule has 0 aliphatic carbocycles. The van der Waals surface area contributed by atoms with Crippen molar-refractivity contribution in [3.8, 4) is 22.4 Å². The highest BCUT2D eigenvalue weighted by Gasteiger charge is 2.21. The molecule has 3 heterocycles. The maximum atomic E-state index is 11.5. The van der Waals surface area contributed by atoms with Crippen LogP contribution in [-0.4, -0.2) is 26.2 Å². The second kappa shape index (κ2) is 8.59. The number of rotatable bonds is 4. The molecular formula is C18H16N4O5. The molecular weight excluding hydrogens is 352 g/mol. The summed E-state index contributed by atoms with van der Waals surface area (Å²) in [7, 11) is 0. The van der Waals surface area contributed by atoms with Gasteiger partial charge in [0, 0.05) is 40.8 Å². The lowest BCUT2D eigenvalue weighted by molar-refractivity contribution is -0.384. The van der Waals surface area contributed by atoms with Crippen molar-refractivity contribution in [1.29, 1.82) is 0 Å². The Balaban J connectivity index is 0.000000817. The summed E-state index contributed by atoms with van der Waals surface area (Å²) in [5, 5.41) is 15.4. The average molecular weight is 368 g/mol. The average Bonchev–Trinajstić information content (AvgIpc) is 3.00. The molecule has 9 nitrogen and oxygen atoms in total. The van der Waals surface area contributed by atoms with Gasteiger partial charge in [0.05, 0.1) is 10.6 Å². The molecule has 0 amide bonds. The molecule has 0 aromatic carbocycles. The van der Waals surface area contributed by atoms with Gasteiger partial charge in [-0.15, -0.1) is 0 Å². The second-order valence-electron chi connectivity index (χ2n) is 5.52. The van der Waals surface area contributed by atoms with E-state index in [0.29, 0.717) is 28.3 Å². The van der Waals surface area contributed by atoms with Gasteiger partial charge in [0.25, 0.3) is 5.69 Å². The zero-order valence-corrected chi connectivity index (χ0v) is 14.9. The Morgan fingerprint density at radius 3 is 2.30 bits per heavy atom. The van der Waals surface area contributed by atoms with E-state index in [-0.39, 0.29) is 11.8 Å². The van der Waals surface area contributed by atoms with Gasteiger partial charge >= 0.3 is 6.15 Å². The number of nitro groups is 1. The summed E-state index contributed by atoms with van der Waals surface area (Å²) in [4.78, 5) is 35.9. The molecule has 0 saturated carbocycles. The molecule has 0 aliphatic rings. The van der Waals surface area contributed by atoms with Gasteiger partial charge in [-0.05, 0) is 32.4 Å². The van der Waals surface area contributed by atoms with Gasteiger partial charge in [-0.1, -0.05) is 12.1 Å². The summed E-state index contributed by atoms with van der Waals surface area (Å²) >= 11 is 0. The number of nitrogens with zero attached hydrogens (tertiary/aromatic N) is 4. The van der Waals surface area contributed by atoms with E-state index in [4.69, 9.17) is 14.1 Å². The van der Waals surface area contributed by atoms with Gasteiger partial charge in [-0.25, -0.2) is 4.98 Å². The number of aromatic nitrogens is 3. The molecule has 138 valence electrons. The quantitative estimate of drug-likeness (QED) is 0.506. The number of hydrogen-bond acceptors (Lipinski definition) is 8.